The molecule has 10 nitrogen and oxygen atoms in total. The highest BCUT2D eigenvalue weighted by atomic mass is 79.9. The first-order chi connectivity index (χ1) is 17.6. The third kappa shape index (κ3) is 6.42. The van der Waals surface area contributed by atoms with Crippen molar-refractivity contribution in [3.63, 3.8) is 0 Å². The van der Waals surface area contributed by atoms with Crippen LogP contribution < -0.4 is 5.69 Å². The molecule has 0 saturated carbocycles. The van der Waals surface area contributed by atoms with Gasteiger partial charge in [-0.05, 0) is 48.9 Å². The number of fused-ring (bicyclic) bond motifs is 1. The zero-order chi connectivity index (χ0) is 27.3. The number of benzene rings is 2. The zero-order valence-electron chi connectivity index (χ0n) is 21.1. The molecule has 0 radical (unpaired) electrons. The summed E-state index contributed by atoms with van der Waals surface area (Å²) >= 11 is 4.08. The second kappa shape index (κ2) is 12.4. The summed E-state index contributed by atoms with van der Waals surface area (Å²) in [4.78, 5) is 51.5. The number of hydrogen-bond acceptors (Lipinski definition) is 7. The molecule has 0 saturated heterocycles. The predicted molar refractivity (Wildman–Crippen MR) is 146 cm³/mol. The van der Waals surface area contributed by atoms with Crippen LogP contribution in [0.1, 0.15) is 44.7 Å². The highest BCUT2D eigenvalue weighted by molar-refractivity contribution is 9.10. The number of nitrogens with zero attached hydrogens (tertiary/aromatic N) is 4. The van der Waals surface area contributed by atoms with E-state index in [4.69, 9.17) is 4.74 Å². The summed E-state index contributed by atoms with van der Waals surface area (Å²) in [5, 5.41) is 11.5. The van der Waals surface area contributed by atoms with Crippen LogP contribution in [-0.2, 0) is 16.1 Å². The van der Waals surface area contributed by atoms with E-state index in [1.807, 2.05) is 19.1 Å². The van der Waals surface area contributed by atoms with Crippen LogP contribution in [0, 0.1) is 10.1 Å². The molecule has 12 heteroatoms. The quantitative estimate of drug-likeness (QED) is 0.130. The maximum Gasteiger partial charge on any atom is 0.329 e. The minimum absolute atomic E-state index is 0.00603. The van der Waals surface area contributed by atoms with Crippen LogP contribution in [0.4, 0.5) is 10.5 Å². The number of hydrogen-bond donors (Lipinski definition) is 0. The average Bonchev–Trinajstić information content (AvgIpc) is 3.11. The number of esters is 1. The van der Waals surface area contributed by atoms with Crippen molar-refractivity contribution in [2.45, 2.75) is 50.6 Å². The van der Waals surface area contributed by atoms with Crippen molar-refractivity contribution in [2.24, 2.45) is 0 Å². The molecule has 37 heavy (non-hydrogen) atoms. The summed E-state index contributed by atoms with van der Waals surface area (Å²) < 4.78 is 8.74. The van der Waals surface area contributed by atoms with Crippen molar-refractivity contribution in [2.75, 3.05) is 20.7 Å². The molecule has 0 aliphatic heterocycles. The van der Waals surface area contributed by atoms with Crippen LogP contribution in [-0.4, -0.2) is 50.9 Å². The summed E-state index contributed by atoms with van der Waals surface area (Å²) in [6.07, 6.45) is 1.39. The monoisotopic (exact) mass is 592 g/mol. The standard InChI is InChI=1S/C25H29BrN4O6S/c1-5-9-18(14-22(31)36-6-2)29-20-11-8-7-10-19(20)28(24(29)32)15-16-12-17(26)13-21(30(34)35)23(16)37-25(33)27(3)4/h7-8,10-13,18H,5-6,9,14-15H2,1-4H3. The maximum atomic E-state index is 13.8. The molecule has 1 unspecified atom stereocenters. The first-order valence-corrected chi connectivity index (χ1v) is 13.4. The Morgan fingerprint density at radius 3 is 2.46 bits per heavy atom. The summed E-state index contributed by atoms with van der Waals surface area (Å²) in [7, 11) is 3.13. The Morgan fingerprint density at radius 1 is 1.19 bits per heavy atom. The predicted octanol–water partition coefficient (Wildman–Crippen LogP) is 5.59. The van der Waals surface area contributed by atoms with Gasteiger partial charge in [0.2, 0.25) is 0 Å². The number of imidazole rings is 1. The van der Waals surface area contributed by atoms with E-state index in [2.05, 4.69) is 15.9 Å². The van der Waals surface area contributed by atoms with Crippen molar-refractivity contribution < 1.29 is 19.2 Å². The van der Waals surface area contributed by atoms with E-state index in [0.29, 0.717) is 27.5 Å². The van der Waals surface area contributed by atoms with Gasteiger partial charge >= 0.3 is 11.7 Å². The van der Waals surface area contributed by atoms with Crippen molar-refractivity contribution in [3.05, 3.63) is 67.0 Å². The van der Waals surface area contributed by atoms with Gasteiger partial charge in [0, 0.05) is 30.7 Å². The molecule has 0 bridgehead atoms. The maximum absolute atomic E-state index is 13.8. The third-order valence-electron chi connectivity index (χ3n) is 5.75. The molecular formula is C25H29BrN4O6S. The largest absolute Gasteiger partial charge is 0.466 e. The lowest BCUT2D eigenvalue weighted by molar-refractivity contribution is -0.387. The molecule has 1 aromatic heterocycles. The van der Waals surface area contributed by atoms with E-state index in [9.17, 15) is 24.5 Å². The molecule has 0 aliphatic carbocycles. The Morgan fingerprint density at radius 2 is 1.86 bits per heavy atom. The van der Waals surface area contributed by atoms with E-state index in [-0.39, 0.29) is 47.1 Å². The van der Waals surface area contributed by atoms with Crippen LogP contribution in [0.2, 0.25) is 0 Å². The van der Waals surface area contributed by atoms with Gasteiger partial charge in [-0.15, -0.1) is 0 Å². The number of carbonyl (C=O) groups excluding carboxylic acids is 2. The fourth-order valence-corrected chi connectivity index (χ4v) is 5.50. The molecule has 1 atom stereocenters. The van der Waals surface area contributed by atoms with Gasteiger partial charge in [-0.25, -0.2) is 4.79 Å². The van der Waals surface area contributed by atoms with Crippen LogP contribution in [0.15, 0.2) is 50.6 Å². The van der Waals surface area contributed by atoms with E-state index < -0.39 is 11.0 Å². The van der Waals surface area contributed by atoms with Crippen molar-refractivity contribution in [1.29, 1.82) is 0 Å². The number of ether oxygens (including phenoxy) is 1. The Balaban J connectivity index is 2.20. The number of para-hydroxylation sites is 2. The Kier molecular flexibility index (Phi) is 9.55. The molecular weight excluding hydrogens is 564 g/mol. The van der Waals surface area contributed by atoms with E-state index in [0.717, 1.165) is 18.2 Å². The minimum Gasteiger partial charge on any atom is -0.466 e. The van der Waals surface area contributed by atoms with Crippen LogP contribution in [0.3, 0.4) is 0 Å². The van der Waals surface area contributed by atoms with Gasteiger partial charge in [0.15, 0.2) is 0 Å². The second-order valence-electron chi connectivity index (χ2n) is 8.61. The van der Waals surface area contributed by atoms with Gasteiger partial charge in [-0.1, -0.05) is 41.4 Å². The summed E-state index contributed by atoms with van der Waals surface area (Å²) in [5.41, 5.74) is 1.14. The van der Waals surface area contributed by atoms with Gasteiger partial charge in [-0.3, -0.25) is 28.8 Å². The lowest BCUT2D eigenvalue weighted by Crippen LogP contribution is -2.29. The van der Waals surface area contributed by atoms with Gasteiger partial charge in [0.25, 0.3) is 10.9 Å². The van der Waals surface area contributed by atoms with Gasteiger partial charge < -0.3 is 9.64 Å². The molecule has 1 amide bonds. The molecule has 0 aliphatic rings. The van der Waals surface area contributed by atoms with Crippen LogP contribution >= 0.6 is 27.7 Å². The molecule has 0 N–H and O–H groups in total. The highest BCUT2D eigenvalue weighted by Crippen LogP contribution is 2.37. The van der Waals surface area contributed by atoms with Gasteiger partial charge in [0.05, 0.1) is 40.4 Å². The number of aromatic nitrogens is 2. The lowest BCUT2D eigenvalue weighted by Gasteiger charge is -2.17. The van der Waals surface area contributed by atoms with Gasteiger partial charge in [-0.2, -0.15) is 0 Å². The van der Waals surface area contributed by atoms with Crippen LogP contribution in [0.25, 0.3) is 11.0 Å². The second-order valence-corrected chi connectivity index (χ2v) is 10.5. The molecule has 3 aromatic rings. The third-order valence-corrected chi connectivity index (χ3v) is 7.43. The fourth-order valence-electron chi connectivity index (χ4n) is 4.16. The fraction of sp³-hybridized carbons (Fsp3) is 0.400. The molecule has 0 spiro atoms. The highest BCUT2D eigenvalue weighted by Gasteiger charge is 2.27. The smallest absolute Gasteiger partial charge is 0.329 e. The first kappa shape index (κ1) is 28.5. The van der Waals surface area contributed by atoms with Crippen LogP contribution in [0.5, 0.6) is 0 Å². The molecule has 2 aromatic carbocycles. The number of amides is 1. The SMILES string of the molecule is CCCC(CC(=O)OCC)n1c(=O)n(Cc2cc(Br)cc([N+](=O)[O-])c2SC(=O)N(C)C)c2ccccc21. The molecule has 3 rings (SSSR count). The van der Waals surface area contributed by atoms with E-state index in [1.54, 1.807) is 43.8 Å². The summed E-state index contributed by atoms with van der Waals surface area (Å²) in [5.74, 6) is -0.381. The number of halogens is 1. The Bertz CT molecular complexity index is 1380. The Labute approximate surface area is 226 Å². The minimum atomic E-state index is -0.539. The van der Waals surface area contributed by atoms with E-state index >= 15 is 0 Å². The zero-order valence-corrected chi connectivity index (χ0v) is 23.5. The number of thioether (sulfide) groups is 1. The van der Waals surface area contributed by atoms with Crippen molar-refractivity contribution >= 4 is 55.6 Å². The first-order valence-electron chi connectivity index (χ1n) is 11.8. The van der Waals surface area contributed by atoms with Gasteiger partial charge in [0.1, 0.15) is 0 Å². The van der Waals surface area contributed by atoms with E-state index in [1.165, 1.54) is 15.5 Å². The number of carbonyl (C=O) groups is 2. The summed E-state index contributed by atoms with van der Waals surface area (Å²) in [6.45, 7) is 3.96. The normalized spacial score (nSPS) is 11.9. The number of nitro groups is 1. The average molecular weight is 594 g/mol. The molecule has 0 fully saturated rings. The molecule has 1 heterocycles. The van der Waals surface area contributed by atoms with Crippen molar-refractivity contribution in [1.82, 2.24) is 14.0 Å². The Hall–Kier alpha value is -3.12. The lowest BCUT2D eigenvalue weighted by atomic mass is 10.1. The molecule has 198 valence electrons. The van der Waals surface area contributed by atoms with Crippen molar-refractivity contribution in [3.8, 4) is 0 Å². The summed E-state index contributed by atoms with van der Waals surface area (Å²) in [6, 6.07) is 9.84. The number of nitro benzene ring substituents is 1. The topological polar surface area (TPSA) is 117 Å². The number of rotatable bonds is 10.